The van der Waals surface area contributed by atoms with E-state index in [-0.39, 0.29) is 5.56 Å². The smallest absolute Gasteiger partial charge is 0.143 e. The zero-order valence-electron chi connectivity index (χ0n) is 14.0. The normalized spacial score (nSPS) is 11.4. The van der Waals surface area contributed by atoms with Crippen molar-refractivity contribution >= 4 is 22.6 Å². The molecule has 0 saturated carbocycles. The van der Waals surface area contributed by atoms with Gasteiger partial charge in [-0.15, -0.1) is 0 Å². The van der Waals surface area contributed by atoms with E-state index in [0.29, 0.717) is 17.4 Å². The minimum atomic E-state index is -0.519. The van der Waals surface area contributed by atoms with Crippen molar-refractivity contribution in [3.8, 4) is 11.4 Å². The molecular formula is C19H15ClF2N4. The third-order valence-electron chi connectivity index (χ3n) is 4.30. The molecule has 4 nitrogen and oxygen atoms in total. The second-order valence-electron chi connectivity index (χ2n) is 5.91. The Balaban J connectivity index is 1.79. The first-order chi connectivity index (χ1) is 12.6. The fourth-order valence-electron chi connectivity index (χ4n) is 3.13. The minimum absolute atomic E-state index is 0.122. The van der Waals surface area contributed by atoms with Crippen molar-refractivity contribution in [1.29, 1.82) is 0 Å². The van der Waals surface area contributed by atoms with Crippen molar-refractivity contribution in [3.05, 3.63) is 71.3 Å². The molecule has 4 rings (SSSR count). The lowest BCUT2D eigenvalue weighted by Crippen LogP contribution is -2.09. The fourth-order valence-corrected chi connectivity index (χ4v) is 3.29. The molecule has 0 spiro atoms. The summed E-state index contributed by atoms with van der Waals surface area (Å²) in [5.41, 5.74) is 1.90. The van der Waals surface area contributed by atoms with Crippen LogP contribution in [-0.4, -0.2) is 19.1 Å². The number of aromatic nitrogens is 4. The second kappa shape index (κ2) is 6.53. The molecular weight excluding hydrogens is 358 g/mol. The molecule has 0 aliphatic heterocycles. The Labute approximate surface area is 153 Å². The van der Waals surface area contributed by atoms with Crippen molar-refractivity contribution in [2.24, 2.45) is 0 Å². The number of benzene rings is 2. The van der Waals surface area contributed by atoms with Gasteiger partial charge in [-0.3, -0.25) is 0 Å². The predicted molar refractivity (Wildman–Crippen MR) is 97.1 cm³/mol. The van der Waals surface area contributed by atoms with E-state index in [4.69, 9.17) is 11.6 Å². The lowest BCUT2D eigenvalue weighted by molar-refractivity contribution is 0.599. The summed E-state index contributed by atoms with van der Waals surface area (Å²) in [6, 6.07) is 8.91. The highest BCUT2D eigenvalue weighted by atomic mass is 35.5. The van der Waals surface area contributed by atoms with Gasteiger partial charge in [-0.05, 0) is 43.3 Å². The Kier molecular flexibility index (Phi) is 4.20. The largest absolute Gasteiger partial charge is 0.327 e. The Bertz CT molecular complexity index is 1100. The first-order valence-electron chi connectivity index (χ1n) is 8.18. The van der Waals surface area contributed by atoms with Gasteiger partial charge in [-0.2, -0.15) is 0 Å². The van der Waals surface area contributed by atoms with E-state index in [1.54, 1.807) is 17.0 Å². The van der Waals surface area contributed by atoms with Crippen LogP contribution in [0.2, 0.25) is 5.02 Å². The highest BCUT2D eigenvalue weighted by Gasteiger charge is 2.16. The molecule has 0 radical (unpaired) electrons. The molecule has 0 aliphatic carbocycles. The van der Waals surface area contributed by atoms with E-state index in [9.17, 15) is 8.78 Å². The molecule has 7 heteroatoms. The fraction of sp³-hybridized carbons (Fsp3) is 0.158. The molecule has 0 fully saturated rings. The van der Waals surface area contributed by atoms with Crippen LogP contribution in [0.4, 0.5) is 8.78 Å². The van der Waals surface area contributed by atoms with Crippen molar-refractivity contribution in [2.75, 3.05) is 0 Å². The molecule has 0 bridgehead atoms. The van der Waals surface area contributed by atoms with Gasteiger partial charge in [0, 0.05) is 24.0 Å². The number of imidazole rings is 2. The molecule has 0 amide bonds. The van der Waals surface area contributed by atoms with Gasteiger partial charge < -0.3 is 9.13 Å². The van der Waals surface area contributed by atoms with E-state index in [2.05, 4.69) is 14.5 Å². The maximum Gasteiger partial charge on any atom is 0.143 e. The second-order valence-corrected chi connectivity index (χ2v) is 6.34. The molecule has 0 saturated heterocycles. The van der Waals surface area contributed by atoms with Crippen molar-refractivity contribution in [3.63, 3.8) is 0 Å². The van der Waals surface area contributed by atoms with Crippen LogP contribution < -0.4 is 0 Å². The third-order valence-corrected chi connectivity index (χ3v) is 4.54. The van der Waals surface area contributed by atoms with Gasteiger partial charge in [-0.1, -0.05) is 11.6 Å². The molecule has 2 heterocycles. The summed E-state index contributed by atoms with van der Waals surface area (Å²) >= 11 is 6.06. The van der Waals surface area contributed by atoms with E-state index in [0.717, 1.165) is 41.6 Å². The van der Waals surface area contributed by atoms with E-state index >= 15 is 0 Å². The highest BCUT2D eigenvalue weighted by molar-refractivity contribution is 6.31. The first-order valence-corrected chi connectivity index (χ1v) is 8.56. The zero-order chi connectivity index (χ0) is 18.3. The van der Waals surface area contributed by atoms with Gasteiger partial charge in [0.15, 0.2) is 0 Å². The SMILES string of the molecule is CCn1c(Cn2ccnc2-c2cc(F)ccc2F)nc2cc(Cl)ccc21. The first kappa shape index (κ1) is 16.7. The molecule has 0 atom stereocenters. The highest BCUT2D eigenvalue weighted by Crippen LogP contribution is 2.25. The minimum Gasteiger partial charge on any atom is -0.327 e. The Morgan fingerprint density at radius 1 is 1.12 bits per heavy atom. The van der Waals surface area contributed by atoms with E-state index in [1.165, 1.54) is 0 Å². The van der Waals surface area contributed by atoms with Gasteiger partial charge >= 0.3 is 0 Å². The standard InChI is InChI=1S/C19H15ClF2N4/c1-2-26-17-6-3-12(20)9-16(17)24-18(26)11-25-8-7-23-19(25)14-10-13(21)4-5-15(14)22/h3-10H,2,11H2,1H3. The van der Waals surface area contributed by atoms with Gasteiger partial charge in [0.05, 0.1) is 23.1 Å². The Morgan fingerprint density at radius 2 is 1.96 bits per heavy atom. The summed E-state index contributed by atoms with van der Waals surface area (Å²) in [7, 11) is 0. The van der Waals surface area contributed by atoms with Crippen LogP contribution in [0, 0.1) is 11.6 Å². The molecule has 4 aromatic rings. The number of rotatable bonds is 4. The van der Waals surface area contributed by atoms with Gasteiger partial charge in [0.25, 0.3) is 0 Å². The van der Waals surface area contributed by atoms with Crippen LogP contribution in [0.1, 0.15) is 12.7 Å². The van der Waals surface area contributed by atoms with Crippen LogP contribution in [-0.2, 0) is 13.1 Å². The van der Waals surface area contributed by atoms with Crippen LogP contribution >= 0.6 is 11.6 Å². The number of hydrogen-bond donors (Lipinski definition) is 0. The van der Waals surface area contributed by atoms with E-state index < -0.39 is 11.6 Å². The third kappa shape index (κ3) is 2.86. The summed E-state index contributed by atoms with van der Waals surface area (Å²) in [4.78, 5) is 8.86. The molecule has 0 N–H and O–H groups in total. The summed E-state index contributed by atoms with van der Waals surface area (Å²) in [6.45, 7) is 3.14. The summed E-state index contributed by atoms with van der Waals surface area (Å²) in [6.07, 6.45) is 3.29. The summed E-state index contributed by atoms with van der Waals surface area (Å²) in [5.74, 6) is 0.122. The van der Waals surface area contributed by atoms with Gasteiger partial charge in [0.2, 0.25) is 0 Å². The summed E-state index contributed by atoms with van der Waals surface area (Å²) < 4.78 is 31.5. The van der Waals surface area contributed by atoms with Crippen molar-refractivity contribution < 1.29 is 8.78 Å². The van der Waals surface area contributed by atoms with Crippen LogP contribution in [0.25, 0.3) is 22.4 Å². The maximum absolute atomic E-state index is 14.2. The monoisotopic (exact) mass is 372 g/mol. The molecule has 2 aromatic carbocycles. The zero-order valence-corrected chi connectivity index (χ0v) is 14.7. The summed E-state index contributed by atoms with van der Waals surface area (Å²) in [5, 5.41) is 0.620. The van der Waals surface area contributed by atoms with Gasteiger partial charge in [0.1, 0.15) is 23.3 Å². The molecule has 0 aliphatic rings. The number of fused-ring (bicyclic) bond motifs is 1. The van der Waals surface area contributed by atoms with Crippen LogP contribution in [0.3, 0.4) is 0 Å². The topological polar surface area (TPSA) is 35.6 Å². The van der Waals surface area contributed by atoms with Crippen LogP contribution in [0.5, 0.6) is 0 Å². The number of nitrogens with zero attached hydrogens (tertiary/aromatic N) is 4. The average Bonchev–Trinajstić information content (AvgIpc) is 3.20. The number of aryl methyl sites for hydroxylation is 1. The average molecular weight is 373 g/mol. The van der Waals surface area contributed by atoms with Crippen LogP contribution in [0.15, 0.2) is 48.8 Å². The number of halogens is 3. The Morgan fingerprint density at radius 3 is 2.77 bits per heavy atom. The van der Waals surface area contributed by atoms with Crippen molar-refractivity contribution in [2.45, 2.75) is 20.0 Å². The maximum atomic E-state index is 14.2. The Hall–Kier alpha value is -2.73. The lowest BCUT2D eigenvalue weighted by Gasteiger charge is -2.10. The molecule has 26 heavy (non-hydrogen) atoms. The lowest BCUT2D eigenvalue weighted by atomic mass is 10.2. The predicted octanol–water partition coefficient (Wildman–Crippen LogP) is 4.90. The van der Waals surface area contributed by atoms with Gasteiger partial charge in [-0.25, -0.2) is 18.7 Å². The number of hydrogen-bond acceptors (Lipinski definition) is 2. The quantitative estimate of drug-likeness (QED) is 0.510. The molecule has 132 valence electrons. The van der Waals surface area contributed by atoms with Crippen molar-refractivity contribution in [1.82, 2.24) is 19.1 Å². The molecule has 0 unspecified atom stereocenters. The van der Waals surface area contributed by atoms with E-state index in [1.807, 2.05) is 25.1 Å². The molecule has 2 aromatic heterocycles.